The topological polar surface area (TPSA) is 63.4 Å². The van der Waals surface area contributed by atoms with Gasteiger partial charge in [0.2, 0.25) is 0 Å². The van der Waals surface area contributed by atoms with E-state index in [1.54, 1.807) is 12.1 Å². The number of nitro groups is 1. The van der Waals surface area contributed by atoms with Gasteiger partial charge in [0.15, 0.2) is 0 Å². The molecule has 0 aliphatic rings. The summed E-state index contributed by atoms with van der Waals surface area (Å²) < 4.78 is 0. The standard InChI is InChI=1S/C25H19NO3/c27-25(23-14-16-24(17-15-23)26(28)29)22-12-10-21(11-13-22)20-8-6-19(7-9-20)18-4-2-1-3-5-18/h1-17,25,27H/t25-/m0/s1. The summed E-state index contributed by atoms with van der Waals surface area (Å²) in [7, 11) is 0. The molecule has 0 saturated heterocycles. The third-order valence-electron chi connectivity index (χ3n) is 4.97. The van der Waals surface area contributed by atoms with Gasteiger partial charge in [0, 0.05) is 12.1 Å². The van der Waals surface area contributed by atoms with Crippen molar-refractivity contribution >= 4 is 5.69 Å². The van der Waals surface area contributed by atoms with Crippen molar-refractivity contribution < 1.29 is 10.0 Å². The summed E-state index contributed by atoms with van der Waals surface area (Å²) >= 11 is 0. The van der Waals surface area contributed by atoms with Crippen LogP contribution >= 0.6 is 0 Å². The van der Waals surface area contributed by atoms with Gasteiger partial charge in [-0.2, -0.15) is 0 Å². The molecular formula is C25H19NO3. The van der Waals surface area contributed by atoms with Crippen molar-refractivity contribution in [1.29, 1.82) is 0 Å². The van der Waals surface area contributed by atoms with Gasteiger partial charge in [0.05, 0.1) is 4.92 Å². The predicted molar refractivity (Wildman–Crippen MR) is 114 cm³/mol. The molecule has 0 bridgehead atoms. The van der Waals surface area contributed by atoms with Crippen LogP contribution < -0.4 is 0 Å². The lowest BCUT2D eigenvalue weighted by molar-refractivity contribution is -0.384. The molecule has 1 N–H and O–H groups in total. The number of aliphatic hydroxyl groups excluding tert-OH is 1. The van der Waals surface area contributed by atoms with Crippen molar-refractivity contribution in [2.24, 2.45) is 0 Å². The highest BCUT2D eigenvalue weighted by Crippen LogP contribution is 2.28. The zero-order valence-electron chi connectivity index (χ0n) is 15.6. The SMILES string of the molecule is O=[N+]([O-])c1ccc([C@@H](O)c2ccc(-c3ccc(-c4ccccc4)cc3)cc2)cc1. The van der Waals surface area contributed by atoms with E-state index in [0.29, 0.717) is 5.56 Å². The van der Waals surface area contributed by atoms with Crippen LogP contribution in [0.25, 0.3) is 22.3 Å². The third kappa shape index (κ3) is 4.08. The number of rotatable bonds is 5. The molecule has 4 heteroatoms. The number of hydrogen-bond donors (Lipinski definition) is 1. The highest BCUT2D eigenvalue weighted by Gasteiger charge is 2.13. The lowest BCUT2D eigenvalue weighted by atomic mass is 9.97. The molecule has 0 aliphatic heterocycles. The molecule has 0 spiro atoms. The zero-order valence-corrected chi connectivity index (χ0v) is 15.6. The second-order valence-electron chi connectivity index (χ2n) is 6.82. The lowest BCUT2D eigenvalue weighted by Gasteiger charge is -2.12. The minimum absolute atomic E-state index is 0.00949. The normalized spacial score (nSPS) is 11.8. The number of nitrogens with zero attached hydrogens (tertiary/aromatic N) is 1. The Bertz CT molecular complexity index is 1100. The molecular weight excluding hydrogens is 362 g/mol. The van der Waals surface area contributed by atoms with Crippen LogP contribution in [0.15, 0.2) is 103 Å². The number of nitro benzene ring substituents is 1. The summed E-state index contributed by atoms with van der Waals surface area (Å²) in [6.45, 7) is 0. The van der Waals surface area contributed by atoms with E-state index in [-0.39, 0.29) is 5.69 Å². The molecule has 142 valence electrons. The van der Waals surface area contributed by atoms with E-state index >= 15 is 0 Å². The summed E-state index contributed by atoms with van der Waals surface area (Å²) in [6, 6.07) is 32.3. The van der Waals surface area contributed by atoms with Gasteiger partial charge in [-0.1, -0.05) is 78.9 Å². The fourth-order valence-corrected chi connectivity index (χ4v) is 3.31. The molecule has 4 rings (SSSR count). The Morgan fingerprint density at radius 1 is 0.586 bits per heavy atom. The van der Waals surface area contributed by atoms with Crippen molar-refractivity contribution in [2.75, 3.05) is 0 Å². The molecule has 0 saturated carbocycles. The van der Waals surface area contributed by atoms with Gasteiger partial charge < -0.3 is 5.11 Å². The Balaban J connectivity index is 1.52. The smallest absolute Gasteiger partial charge is 0.269 e. The highest BCUT2D eigenvalue weighted by molar-refractivity contribution is 5.70. The van der Waals surface area contributed by atoms with Crippen LogP contribution in [0.3, 0.4) is 0 Å². The van der Waals surface area contributed by atoms with E-state index in [2.05, 4.69) is 36.4 Å². The lowest BCUT2D eigenvalue weighted by Crippen LogP contribution is -1.99. The van der Waals surface area contributed by atoms with Crippen molar-refractivity contribution in [3.05, 3.63) is 124 Å². The van der Waals surface area contributed by atoms with Crippen LogP contribution in [-0.4, -0.2) is 10.0 Å². The summed E-state index contributed by atoms with van der Waals surface area (Å²) in [4.78, 5) is 10.3. The van der Waals surface area contributed by atoms with Crippen LogP contribution in [0, 0.1) is 10.1 Å². The molecule has 29 heavy (non-hydrogen) atoms. The fourth-order valence-electron chi connectivity index (χ4n) is 3.31. The van der Waals surface area contributed by atoms with E-state index < -0.39 is 11.0 Å². The minimum atomic E-state index is -0.828. The van der Waals surface area contributed by atoms with E-state index in [1.807, 2.05) is 42.5 Å². The van der Waals surface area contributed by atoms with E-state index in [9.17, 15) is 15.2 Å². The maximum atomic E-state index is 10.8. The first-order valence-electron chi connectivity index (χ1n) is 9.30. The Morgan fingerprint density at radius 3 is 1.41 bits per heavy atom. The second kappa shape index (κ2) is 8.09. The maximum Gasteiger partial charge on any atom is 0.269 e. The molecule has 4 aromatic rings. The monoisotopic (exact) mass is 381 g/mol. The van der Waals surface area contributed by atoms with E-state index in [1.165, 1.54) is 23.3 Å². The molecule has 0 aromatic heterocycles. The molecule has 4 nitrogen and oxygen atoms in total. The number of non-ortho nitro benzene ring substituents is 1. The Labute approximate surface area is 168 Å². The summed E-state index contributed by atoms with van der Waals surface area (Å²) in [5.41, 5.74) is 5.87. The van der Waals surface area contributed by atoms with Gasteiger partial charge in [0.25, 0.3) is 5.69 Å². The first kappa shape index (κ1) is 18.6. The van der Waals surface area contributed by atoms with Crippen LogP contribution in [0.1, 0.15) is 17.2 Å². The van der Waals surface area contributed by atoms with Crippen LogP contribution in [0.5, 0.6) is 0 Å². The quantitative estimate of drug-likeness (QED) is 0.340. The van der Waals surface area contributed by atoms with Crippen molar-refractivity contribution in [1.82, 2.24) is 0 Å². The van der Waals surface area contributed by atoms with Crippen LogP contribution in [0.2, 0.25) is 0 Å². The Kier molecular flexibility index (Phi) is 5.18. The molecule has 0 fully saturated rings. The summed E-state index contributed by atoms with van der Waals surface area (Å²) in [5.74, 6) is 0. The van der Waals surface area contributed by atoms with Gasteiger partial charge in [-0.25, -0.2) is 0 Å². The molecule has 1 atom stereocenters. The number of benzene rings is 4. The van der Waals surface area contributed by atoms with Gasteiger partial charge in [0.1, 0.15) is 6.10 Å². The van der Waals surface area contributed by atoms with Crippen molar-refractivity contribution in [3.63, 3.8) is 0 Å². The van der Waals surface area contributed by atoms with Crippen molar-refractivity contribution in [3.8, 4) is 22.3 Å². The molecule has 0 radical (unpaired) electrons. The van der Waals surface area contributed by atoms with Gasteiger partial charge in [-0.15, -0.1) is 0 Å². The molecule has 0 heterocycles. The van der Waals surface area contributed by atoms with Gasteiger partial charge in [-0.05, 0) is 45.5 Å². The largest absolute Gasteiger partial charge is 0.384 e. The second-order valence-corrected chi connectivity index (χ2v) is 6.82. The molecule has 4 aromatic carbocycles. The first-order chi connectivity index (χ1) is 14.1. The highest BCUT2D eigenvalue weighted by atomic mass is 16.6. The predicted octanol–water partition coefficient (Wildman–Crippen LogP) is 6.01. The summed E-state index contributed by atoms with van der Waals surface area (Å²) in [5, 5.41) is 21.3. The first-order valence-corrected chi connectivity index (χ1v) is 9.30. The average Bonchev–Trinajstić information content (AvgIpc) is 2.79. The Hall–Kier alpha value is -3.76. The van der Waals surface area contributed by atoms with E-state index in [0.717, 1.165) is 16.7 Å². The zero-order chi connectivity index (χ0) is 20.2. The Morgan fingerprint density at radius 2 is 0.966 bits per heavy atom. The summed E-state index contributed by atoms with van der Waals surface area (Å²) in [6.07, 6.45) is -0.828. The van der Waals surface area contributed by atoms with Gasteiger partial charge in [-0.3, -0.25) is 10.1 Å². The average molecular weight is 381 g/mol. The van der Waals surface area contributed by atoms with E-state index in [4.69, 9.17) is 0 Å². The minimum Gasteiger partial charge on any atom is -0.384 e. The maximum absolute atomic E-state index is 10.8. The molecule has 0 amide bonds. The molecule has 0 unspecified atom stereocenters. The number of hydrogen-bond acceptors (Lipinski definition) is 3. The van der Waals surface area contributed by atoms with Crippen LogP contribution in [0.4, 0.5) is 5.69 Å². The molecule has 0 aliphatic carbocycles. The third-order valence-corrected chi connectivity index (χ3v) is 4.97. The number of aliphatic hydroxyl groups is 1. The van der Waals surface area contributed by atoms with Crippen molar-refractivity contribution in [2.45, 2.75) is 6.10 Å². The van der Waals surface area contributed by atoms with Crippen LogP contribution in [-0.2, 0) is 0 Å². The van der Waals surface area contributed by atoms with Gasteiger partial charge >= 0.3 is 0 Å². The fraction of sp³-hybridized carbons (Fsp3) is 0.0400.